The fraction of sp³-hybridized carbons (Fsp3) is 0.206. The number of rotatable bonds is 12. The number of methoxy groups -OCH3 is 1. The van der Waals surface area contributed by atoms with E-state index in [9.17, 15) is 14.0 Å². The van der Waals surface area contributed by atoms with Gasteiger partial charge in [0.05, 0.1) is 48.2 Å². The molecule has 0 unspecified atom stereocenters. The van der Waals surface area contributed by atoms with E-state index >= 15 is 0 Å². The predicted molar refractivity (Wildman–Crippen MR) is 179 cm³/mol. The predicted octanol–water partition coefficient (Wildman–Crippen LogP) is 6.28. The molecule has 1 aliphatic rings. The minimum atomic E-state index is -0.618. The van der Waals surface area contributed by atoms with E-state index < -0.39 is 11.7 Å². The largest absolute Gasteiger partial charge is 0.497 e. The molecule has 0 bridgehead atoms. The number of aromatic nitrogens is 3. The zero-order valence-electron chi connectivity index (χ0n) is 25.6. The number of benzene rings is 3. The van der Waals surface area contributed by atoms with Gasteiger partial charge < -0.3 is 14.8 Å². The van der Waals surface area contributed by atoms with E-state index in [2.05, 4.69) is 15.5 Å². The smallest absolute Gasteiger partial charge is 0.254 e. The van der Waals surface area contributed by atoms with Gasteiger partial charge >= 0.3 is 0 Å². The van der Waals surface area contributed by atoms with Gasteiger partial charge in [0.1, 0.15) is 17.3 Å². The first kappa shape index (κ1) is 32.0. The van der Waals surface area contributed by atoms with Crippen LogP contribution in [0.1, 0.15) is 46.0 Å². The van der Waals surface area contributed by atoms with Crippen molar-refractivity contribution in [2.45, 2.75) is 31.1 Å². The third kappa shape index (κ3) is 7.21. The Morgan fingerprint density at radius 1 is 1.00 bits per heavy atom. The van der Waals surface area contributed by atoms with Crippen LogP contribution in [0.5, 0.6) is 11.5 Å². The van der Waals surface area contributed by atoms with Gasteiger partial charge in [-0.25, -0.2) is 9.40 Å². The van der Waals surface area contributed by atoms with Crippen molar-refractivity contribution < 1.29 is 23.5 Å². The second-order valence-electron chi connectivity index (χ2n) is 10.4. The van der Waals surface area contributed by atoms with Crippen LogP contribution in [0.25, 0.3) is 5.69 Å². The highest BCUT2D eigenvalue weighted by atomic mass is 32.2. The van der Waals surface area contributed by atoms with E-state index in [1.54, 1.807) is 34.1 Å². The number of carbonyl (C=O) groups excluding carboxylic acids is 2. The lowest BCUT2D eigenvalue weighted by Crippen LogP contribution is -2.28. The number of halogens is 1. The number of amides is 2. The third-order valence-corrected chi connectivity index (χ3v) is 9.26. The van der Waals surface area contributed by atoms with Crippen LogP contribution in [0.15, 0.2) is 101 Å². The van der Waals surface area contributed by atoms with Gasteiger partial charge in [-0.15, -0.1) is 21.5 Å². The maximum absolute atomic E-state index is 14.2. The van der Waals surface area contributed by atoms with Crippen molar-refractivity contribution in [3.05, 3.63) is 118 Å². The quantitative estimate of drug-likeness (QED) is 0.156. The number of hydrazone groups is 1. The molecule has 0 fully saturated rings. The second kappa shape index (κ2) is 14.6. The van der Waals surface area contributed by atoms with Crippen molar-refractivity contribution in [1.82, 2.24) is 25.1 Å². The van der Waals surface area contributed by atoms with Gasteiger partial charge in [-0.3, -0.25) is 14.2 Å². The Morgan fingerprint density at radius 2 is 1.77 bits per heavy atom. The van der Waals surface area contributed by atoms with E-state index in [-0.39, 0.29) is 29.8 Å². The average molecular weight is 671 g/mol. The molecule has 0 aliphatic carbocycles. The topological polar surface area (TPSA) is 111 Å². The number of nitrogens with one attached hydrogen (secondary N) is 1. The van der Waals surface area contributed by atoms with E-state index in [1.165, 1.54) is 30.0 Å². The first-order valence-corrected chi connectivity index (χ1v) is 16.7. The Bertz CT molecular complexity index is 1880. The number of carbonyl (C=O) groups is 2. The lowest BCUT2D eigenvalue weighted by molar-refractivity contribution is -0.130. The van der Waals surface area contributed by atoms with Crippen LogP contribution in [0.3, 0.4) is 0 Å². The molecule has 240 valence electrons. The van der Waals surface area contributed by atoms with Gasteiger partial charge in [-0.05, 0) is 72.5 Å². The fourth-order valence-corrected chi connectivity index (χ4v) is 6.68. The maximum atomic E-state index is 14.2. The summed E-state index contributed by atoms with van der Waals surface area (Å²) in [5.41, 5.74) is 2.44. The molecule has 3 aromatic carbocycles. The van der Waals surface area contributed by atoms with Crippen LogP contribution in [-0.2, 0) is 11.3 Å². The molecular formula is C34H31FN6O4S2. The first-order valence-electron chi connectivity index (χ1n) is 14.9. The van der Waals surface area contributed by atoms with Crippen LogP contribution in [0.2, 0.25) is 0 Å². The zero-order valence-corrected chi connectivity index (χ0v) is 27.3. The van der Waals surface area contributed by atoms with E-state index in [4.69, 9.17) is 14.6 Å². The molecule has 0 spiro atoms. The lowest BCUT2D eigenvalue weighted by atomic mass is 10.0. The number of thiophene rings is 1. The number of nitrogens with zero attached hydrogens (tertiary/aromatic N) is 5. The number of hydrogen-bond donors (Lipinski definition) is 1. The zero-order chi connectivity index (χ0) is 32.8. The minimum Gasteiger partial charge on any atom is -0.497 e. The highest BCUT2D eigenvalue weighted by Gasteiger charge is 2.34. The first-order chi connectivity index (χ1) is 22.9. The van der Waals surface area contributed by atoms with E-state index in [1.807, 2.05) is 73.0 Å². The van der Waals surface area contributed by atoms with E-state index in [0.29, 0.717) is 35.4 Å². The Kier molecular flexibility index (Phi) is 9.93. The molecule has 1 N–H and O–H groups in total. The molecule has 2 amide bonds. The number of thioether (sulfide) groups is 1. The minimum absolute atomic E-state index is 0.0258. The summed E-state index contributed by atoms with van der Waals surface area (Å²) < 4.78 is 26.9. The third-order valence-electron chi connectivity index (χ3n) is 7.43. The molecular weight excluding hydrogens is 640 g/mol. The molecule has 0 radical (unpaired) electrons. The molecule has 0 saturated carbocycles. The maximum Gasteiger partial charge on any atom is 0.254 e. The van der Waals surface area contributed by atoms with E-state index in [0.717, 1.165) is 21.9 Å². The molecule has 1 aliphatic heterocycles. The summed E-state index contributed by atoms with van der Waals surface area (Å²) in [5, 5.41) is 20.2. The molecule has 6 rings (SSSR count). The highest BCUT2D eigenvalue weighted by molar-refractivity contribution is 7.99. The van der Waals surface area contributed by atoms with Crippen molar-refractivity contribution >= 4 is 40.6 Å². The summed E-state index contributed by atoms with van der Waals surface area (Å²) in [6.45, 7) is 2.40. The van der Waals surface area contributed by atoms with Gasteiger partial charge in [-0.2, -0.15) is 5.10 Å². The molecule has 1 atom stereocenters. The Morgan fingerprint density at radius 3 is 2.47 bits per heavy atom. The van der Waals surface area contributed by atoms with Crippen molar-refractivity contribution in [3.63, 3.8) is 0 Å². The van der Waals surface area contributed by atoms with Gasteiger partial charge in [0.25, 0.3) is 11.8 Å². The molecule has 47 heavy (non-hydrogen) atoms. The van der Waals surface area contributed by atoms with Gasteiger partial charge in [0.15, 0.2) is 11.0 Å². The summed E-state index contributed by atoms with van der Waals surface area (Å²) in [6.07, 6.45) is 0.581. The van der Waals surface area contributed by atoms with Crippen molar-refractivity contribution in [1.29, 1.82) is 0 Å². The average Bonchev–Trinajstić information content (AvgIpc) is 3.87. The van der Waals surface area contributed by atoms with Crippen molar-refractivity contribution in [3.8, 4) is 17.2 Å². The number of ether oxygens (including phenoxy) is 2. The molecule has 5 aromatic rings. The standard InChI is InChI=1S/C34H31FN6O4S2/c1-3-45-25-16-12-23(13-17-25)40-31(20-36-33(43)26-7-4-5-8-27(26)35)37-38-34(40)47-21-32(42)41-29(22-10-14-24(44-2)15-11-22)19-28(39-41)30-9-6-18-46-30/h4-18,29H,3,19-21H2,1-2H3,(H,36,43)/t29-/m0/s1. The van der Waals surface area contributed by atoms with Crippen molar-refractivity contribution in [2.24, 2.45) is 5.10 Å². The fourth-order valence-electron chi connectivity index (χ4n) is 5.14. The SMILES string of the molecule is CCOc1ccc(-n2c(CNC(=O)c3ccccc3F)nnc2SCC(=O)N2N=C(c3cccs3)C[C@H]2c2ccc(OC)cc2)cc1. The summed E-state index contributed by atoms with van der Waals surface area (Å²) in [6, 6.07) is 24.5. The highest BCUT2D eigenvalue weighted by Crippen LogP contribution is 2.35. The molecule has 13 heteroatoms. The Balaban J connectivity index is 1.24. The molecule has 2 aromatic heterocycles. The van der Waals surface area contributed by atoms with Gasteiger partial charge in [0.2, 0.25) is 0 Å². The summed E-state index contributed by atoms with van der Waals surface area (Å²) in [7, 11) is 1.62. The van der Waals surface area contributed by atoms with Crippen LogP contribution in [-0.4, -0.2) is 56.8 Å². The Labute approximate surface area is 279 Å². The Hall–Kier alpha value is -5.01. The summed E-state index contributed by atoms with van der Waals surface area (Å²) >= 11 is 2.80. The summed E-state index contributed by atoms with van der Waals surface area (Å²) in [4.78, 5) is 27.6. The normalized spacial score (nSPS) is 14.1. The number of hydrogen-bond acceptors (Lipinski definition) is 9. The summed E-state index contributed by atoms with van der Waals surface area (Å²) in [5.74, 6) is 0.474. The second-order valence-corrected chi connectivity index (χ2v) is 12.3. The van der Waals surface area contributed by atoms with Crippen LogP contribution in [0, 0.1) is 5.82 Å². The monoisotopic (exact) mass is 670 g/mol. The van der Waals surface area contributed by atoms with Crippen LogP contribution < -0.4 is 14.8 Å². The van der Waals surface area contributed by atoms with Gasteiger partial charge in [0, 0.05) is 12.1 Å². The molecule has 3 heterocycles. The van der Waals surface area contributed by atoms with Crippen molar-refractivity contribution in [2.75, 3.05) is 19.5 Å². The molecule has 10 nitrogen and oxygen atoms in total. The molecule has 0 saturated heterocycles. The van der Waals surface area contributed by atoms with Crippen LogP contribution in [0.4, 0.5) is 4.39 Å². The lowest BCUT2D eigenvalue weighted by Gasteiger charge is -2.22. The van der Waals surface area contributed by atoms with Crippen LogP contribution >= 0.6 is 23.1 Å². The van der Waals surface area contributed by atoms with Gasteiger partial charge in [-0.1, -0.05) is 42.1 Å².